The van der Waals surface area contributed by atoms with Gasteiger partial charge in [-0.3, -0.25) is 0 Å². The minimum Gasteiger partial charge on any atom is -0.494 e. The Morgan fingerprint density at radius 1 is 0.833 bits per heavy atom. The van der Waals surface area contributed by atoms with Crippen LogP contribution >= 0.6 is 0 Å². The molecule has 0 spiro atoms. The third-order valence-electron chi connectivity index (χ3n) is 5.17. The van der Waals surface area contributed by atoms with Crippen molar-refractivity contribution in [2.24, 2.45) is 5.73 Å². The molecule has 0 saturated carbocycles. The maximum Gasteiger partial charge on any atom is 0.128 e. The standard InChI is InChI=1S/C26H28N2O2/c1-2-29-21-14-15-25-24(18-21)23(13-6-7-16-27)26(28-25)19-9-8-12-22(17-19)30-20-10-4-3-5-11-20/h3-5,8-12,14-15,17-18,28H,2,6-7,13,16,27H2,1H3. The van der Waals surface area contributed by atoms with E-state index in [9.17, 15) is 0 Å². The highest BCUT2D eigenvalue weighted by atomic mass is 16.5. The number of aryl methyl sites for hydroxylation is 1. The number of H-pyrrole nitrogens is 1. The summed E-state index contributed by atoms with van der Waals surface area (Å²) in [5.41, 5.74) is 10.4. The Kier molecular flexibility index (Phi) is 6.35. The molecule has 0 radical (unpaired) electrons. The number of aromatic amines is 1. The van der Waals surface area contributed by atoms with Crippen LogP contribution in [0, 0.1) is 0 Å². The topological polar surface area (TPSA) is 60.3 Å². The van der Waals surface area contributed by atoms with Crippen LogP contribution in [0.4, 0.5) is 0 Å². The van der Waals surface area contributed by atoms with Crippen molar-refractivity contribution in [2.75, 3.05) is 13.2 Å². The van der Waals surface area contributed by atoms with E-state index in [0.29, 0.717) is 13.2 Å². The first-order chi connectivity index (χ1) is 14.8. The third kappa shape index (κ3) is 4.50. The minimum absolute atomic E-state index is 0.657. The highest BCUT2D eigenvalue weighted by Gasteiger charge is 2.15. The van der Waals surface area contributed by atoms with Gasteiger partial charge >= 0.3 is 0 Å². The average molecular weight is 401 g/mol. The molecule has 4 nitrogen and oxygen atoms in total. The quantitative estimate of drug-likeness (QED) is 0.324. The summed E-state index contributed by atoms with van der Waals surface area (Å²) in [4.78, 5) is 3.63. The molecule has 0 aliphatic rings. The van der Waals surface area contributed by atoms with Crippen molar-refractivity contribution in [3.63, 3.8) is 0 Å². The van der Waals surface area contributed by atoms with E-state index >= 15 is 0 Å². The molecule has 154 valence electrons. The predicted molar refractivity (Wildman–Crippen MR) is 123 cm³/mol. The number of unbranched alkanes of at least 4 members (excludes halogenated alkanes) is 1. The number of rotatable bonds is 9. The lowest BCUT2D eigenvalue weighted by atomic mass is 10.00. The molecular formula is C26H28N2O2. The Morgan fingerprint density at radius 2 is 1.67 bits per heavy atom. The second-order valence-corrected chi connectivity index (χ2v) is 7.31. The van der Waals surface area contributed by atoms with Gasteiger partial charge in [0.2, 0.25) is 0 Å². The van der Waals surface area contributed by atoms with E-state index in [1.54, 1.807) is 0 Å². The Hall–Kier alpha value is -3.24. The molecule has 3 N–H and O–H groups in total. The summed E-state index contributed by atoms with van der Waals surface area (Å²) in [6, 6.07) is 24.3. The molecule has 4 aromatic rings. The molecule has 3 aromatic carbocycles. The van der Waals surface area contributed by atoms with Crippen molar-refractivity contribution >= 4 is 10.9 Å². The van der Waals surface area contributed by atoms with Crippen LogP contribution < -0.4 is 15.2 Å². The van der Waals surface area contributed by atoms with E-state index in [0.717, 1.165) is 53.3 Å². The number of hydrogen-bond donors (Lipinski definition) is 2. The van der Waals surface area contributed by atoms with Crippen molar-refractivity contribution in [1.29, 1.82) is 0 Å². The first-order valence-electron chi connectivity index (χ1n) is 10.6. The zero-order valence-corrected chi connectivity index (χ0v) is 17.4. The Morgan fingerprint density at radius 3 is 2.47 bits per heavy atom. The van der Waals surface area contributed by atoms with E-state index in [1.165, 1.54) is 10.9 Å². The summed E-state index contributed by atoms with van der Waals surface area (Å²) in [6.07, 6.45) is 3.02. The summed E-state index contributed by atoms with van der Waals surface area (Å²) in [5.74, 6) is 2.55. The number of aromatic nitrogens is 1. The second kappa shape index (κ2) is 9.51. The lowest BCUT2D eigenvalue weighted by Gasteiger charge is -2.09. The van der Waals surface area contributed by atoms with E-state index in [2.05, 4.69) is 29.2 Å². The summed E-state index contributed by atoms with van der Waals surface area (Å²) in [6.45, 7) is 3.37. The zero-order valence-electron chi connectivity index (χ0n) is 17.4. The second-order valence-electron chi connectivity index (χ2n) is 7.31. The summed E-state index contributed by atoms with van der Waals surface area (Å²) < 4.78 is 11.8. The number of benzene rings is 3. The molecule has 0 bridgehead atoms. The van der Waals surface area contributed by atoms with Crippen molar-refractivity contribution in [1.82, 2.24) is 4.98 Å². The Labute approximate surface area is 177 Å². The van der Waals surface area contributed by atoms with Gasteiger partial charge < -0.3 is 20.2 Å². The minimum atomic E-state index is 0.657. The van der Waals surface area contributed by atoms with Crippen molar-refractivity contribution in [2.45, 2.75) is 26.2 Å². The maximum atomic E-state index is 6.05. The highest BCUT2D eigenvalue weighted by Crippen LogP contribution is 2.35. The van der Waals surface area contributed by atoms with Crippen LogP contribution in [0.25, 0.3) is 22.2 Å². The summed E-state index contributed by atoms with van der Waals surface area (Å²) in [5, 5.41) is 1.21. The molecule has 30 heavy (non-hydrogen) atoms. The summed E-state index contributed by atoms with van der Waals surface area (Å²) in [7, 11) is 0. The van der Waals surface area contributed by atoms with Crippen molar-refractivity contribution in [3.05, 3.63) is 78.4 Å². The fourth-order valence-electron chi connectivity index (χ4n) is 3.78. The molecule has 0 saturated heterocycles. The molecule has 0 aliphatic carbocycles. The van der Waals surface area contributed by atoms with Crippen LogP contribution in [0.5, 0.6) is 17.2 Å². The monoisotopic (exact) mass is 400 g/mol. The number of para-hydroxylation sites is 1. The Bertz CT molecular complexity index is 1100. The van der Waals surface area contributed by atoms with E-state index < -0.39 is 0 Å². The number of nitrogens with two attached hydrogens (primary N) is 1. The van der Waals surface area contributed by atoms with Gasteiger partial charge in [0.15, 0.2) is 0 Å². The van der Waals surface area contributed by atoms with Crippen molar-refractivity contribution < 1.29 is 9.47 Å². The van der Waals surface area contributed by atoms with E-state index in [1.807, 2.05) is 55.5 Å². The molecular weight excluding hydrogens is 372 g/mol. The van der Waals surface area contributed by atoms with Gasteiger partial charge in [0.05, 0.1) is 6.61 Å². The molecule has 4 heteroatoms. The summed E-state index contributed by atoms with van der Waals surface area (Å²) >= 11 is 0. The molecule has 0 unspecified atom stereocenters. The number of nitrogens with one attached hydrogen (secondary N) is 1. The van der Waals surface area contributed by atoms with Gasteiger partial charge in [-0.1, -0.05) is 30.3 Å². The molecule has 0 aliphatic heterocycles. The van der Waals surface area contributed by atoms with Crippen molar-refractivity contribution in [3.8, 4) is 28.5 Å². The lowest BCUT2D eigenvalue weighted by Crippen LogP contribution is -1.99. The largest absolute Gasteiger partial charge is 0.494 e. The normalized spacial score (nSPS) is 11.0. The van der Waals surface area contributed by atoms with Gasteiger partial charge in [-0.05, 0) is 80.8 Å². The highest BCUT2D eigenvalue weighted by molar-refractivity contribution is 5.92. The third-order valence-corrected chi connectivity index (χ3v) is 5.17. The molecule has 0 amide bonds. The fraction of sp³-hybridized carbons (Fsp3) is 0.231. The predicted octanol–water partition coefficient (Wildman–Crippen LogP) is 6.31. The zero-order chi connectivity index (χ0) is 20.8. The average Bonchev–Trinajstić information content (AvgIpc) is 3.13. The first-order valence-corrected chi connectivity index (χ1v) is 10.6. The Balaban J connectivity index is 1.73. The van der Waals surface area contributed by atoms with Gasteiger partial charge in [0.25, 0.3) is 0 Å². The van der Waals surface area contributed by atoms with Gasteiger partial charge in [-0.25, -0.2) is 0 Å². The molecule has 0 atom stereocenters. The molecule has 1 aromatic heterocycles. The van der Waals surface area contributed by atoms with Crippen LogP contribution in [0.1, 0.15) is 25.3 Å². The van der Waals surface area contributed by atoms with Crippen LogP contribution in [-0.2, 0) is 6.42 Å². The van der Waals surface area contributed by atoms with Crippen LogP contribution in [0.3, 0.4) is 0 Å². The van der Waals surface area contributed by atoms with Gasteiger partial charge in [0.1, 0.15) is 17.2 Å². The molecule has 1 heterocycles. The maximum absolute atomic E-state index is 6.05. The van der Waals surface area contributed by atoms with E-state index in [4.69, 9.17) is 15.2 Å². The molecule has 4 rings (SSSR count). The number of fused-ring (bicyclic) bond motifs is 1. The van der Waals surface area contributed by atoms with Gasteiger partial charge in [-0.2, -0.15) is 0 Å². The first kappa shape index (κ1) is 20.0. The smallest absolute Gasteiger partial charge is 0.128 e. The lowest BCUT2D eigenvalue weighted by molar-refractivity contribution is 0.340. The van der Waals surface area contributed by atoms with Crippen LogP contribution in [0.2, 0.25) is 0 Å². The van der Waals surface area contributed by atoms with Gasteiger partial charge in [0, 0.05) is 22.2 Å². The SMILES string of the molecule is CCOc1ccc2[nH]c(-c3cccc(Oc4ccccc4)c3)c(CCCCN)c2c1. The van der Waals surface area contributed by atoms with Crippen LogP contribution in [0.15, 0.2) is 72.8 Å². The fourth-order valence-corrected chi connectivity index (χ4v) is 3.78. The molecule has 0 fully saturated rings. The van der Waals surface area contributed by atoms with Gasteiger partial charge in [-0.15, -0.1) is 0 Å². The van der Waals surface area contributed by atoms with E-state index in [-0.39, 0.29) is 0 Å². The number of hydrogen-bond acceptors (Lipinski definition) is 3. The van der Waals surface area contributed by atoms with Crippen LogP contribution in [-0.4, -0.2) is 18.1 Å². The number of ether oxygens (including phenoxy) is 2.